The van der Waals surface area contributed by atoms with Crippen molar-refractivity contribution in [2.45, 2.75) is 51.1 Å². The second-order valence-electron chi connectivity index (χ2n) is 6.96. The molecule has 3 aromatic heterocycles. The highest BCUT2D eigenvalue weighted by molar-refractivity contribution is 5.76. The summed E-state index contributed by atoms with van der Waals surface area (Å²) in [5.41, 5.74) is 0.840. The Hall–Kier alpha value is -2.63. The zero-order valence-electron chi connectivity index (χ0n) is 15.0. The summed E-state index contributed by atoms with van der Waals surface area (Å²) in [7, 11) is 0. The van der Waals surface area contributed by atoms with E-state index in [1.54, 1.807) is 0 Å². The number of hydrogen-bond donors (Lipinski definition) is 0. The van der Waals surface area contributed by atoms with Gasteiger partial charge >= 0.3 is 0 Å². The molecule has 0 bridgehead atoms. The van der Waals surface area contributed by atoms with Crippen LogP contribution in [0.2, 0.25) is 0 Å². The third-order valence-corrected chi connectivity index (χ3v) is 5.18. The Morgan fingerprint density at radius 1 is 1.04 bits per heavy atom. The van der Waals surface area contributed by atoms with E-state index in [0.29, 0.717) is 6.42 Å². The van der Waals surface area contributed by atoms with Gasteiger partial charge in [0.25, 0.3) is 0 Å². The van der Waals surface area contributed by atoms with E-state index in [9.17, 15) is 4.79 Å². The molecule has 3 aromatic rings. The lowest BCUT2D eigenvalue weighted by Gasteiger charge is -2.23. The molecule has 0 aliphatic carbocycles. The standard InChI is InChI=1S/C20H25N5O/c26-19(11-2-1-4-12-23-13-6-7-14-23)24-16-8-9-17(24)20-22-21-18-10-3-5-15-25(18)20/h3,5-7,10,13-15,17H,1-2,4,8-9,11-12,16H2. The number of aromatic nitrogens is 4. The normalized spacial score (nSPS) is 17.2. The van der Waals surface area contributed by atoms with Crippen LogP contribution in [0.3, 0.4) is 0 Å². The maximum atomic E-state index is 12.7. The SMILES string of the molecule is O=C(CCCCCn1cccc1)N1CCCC1c1nnc2ccccn12. The highest BCUT2D eigenvalue weighted by Crippen LogP contribution is 2.31. The number of fused-ring (bicyclic) bond motifs is 1. The average molecular weight is 351 g/mol. The zero-order chi connectivity index (χ0) is 17.8. The minimum Gasteiger partial charge on any atom is -0.354 e. The Labute approximate surface area is 153 Å². The van der Waals surface area contributed by atoms with Gasteiger partial charge < -0.3 is 9.47 Å². The van der Waals surface area contributed by atoms with Crippen LogP contribution in [0.25, 0.3) is 5.65 Å². The monoisotopic (exact) mass is 351 g/mol. The van der Waals surface area contributed by atoms with E-state index < -0.39 is 0 Å². The predicted molar refractivity (Wildman–Crippen MR) is 99.6 cm³/mol. The fraction of sp³-hybridized carbons (Fsp3) is 0.450. The van der Waals surface area contributed by atoms with Gasteiger partial charge in [-0.3, -0.25) is 9.20 Å². The Kier molecular flexibility index (Phi) is 5.00. The molecule has 4 heterocycles. The Morgan fingerprint density at radius 2 is 1.88 bits per heavy atom. The summed E-state index contributed by atoms with van der Waals surface area (Å²) in [5.74, 6) is 1.14. The van der Waals surface area contributed by atoms with Crippen LogP contribution in [-0.4, -0.2) is 36.5 Å². The highest BCUT2D eigenvalue weighted by Gasteiger charge is 2.32. The maximum Gasteiger partial charge on any atom is 0.223 e. The van der Waals surface area contributed by atoms with Crippen LogP contribution in [-0.2, 0) is 11.3 Å². The van der Waals surface area contributed by atoms with E-state index in [0.717, 1.165) is 56.7 Å². The van der Waals surface area contributed by atoms with Gasteiger partial charge in [0.05, 0.1) is 6.04 Å². The van der Waals surface area contributed by atoms with E-state index in [1.807, 2.05) is 45.8 Å². The van der Waals surface area contributed by atoms with Crippen LogP contribution in [0.4, 0.5) is 0 Å². The first-order chi connectivity index (χ1) is 12.8. The second-order valence-corrected chi connectivity index (χ2v) is 6.96. The number of likely N-dealkylation sites (tertiary alicyclic amines) is 1. The van der Waals surface area contributed by atoms with Gasteiger partial charge in [-0.25, -0.2) is 0 Å². The lowest BCUT2D eigenvalue weighted by atomic mass is 10.1. The molecule has 0 aromatic carbocycles. The Morgan fingerprint density at radius 3 is 2.77 bits per heavy atom. The molecule has 136 valence electrons. The number of unbranched alkanes of at least 4 members (excludes halogenated alkanes) is 2. The molecule has 6 heteroatoms. The van der Waals surface area contributed by atoms with Crippen molar-refractivity contribution < 1.29 is 4.79 Å². The third kappa shape index (κ3) is 3.49. The van der Waals surface area contributed by atoms with E-state index in [-0.39, 0.29) is 11.9 Å². The van der Waals surface area contributed by atoms with Crippen molar-refractivity contribution in [2.24, 2.45) is 0 Å². The number of aryl methyl sites for hydroxylation is 1. The van der Waals surface area contributed by atoms with Gasteiger partial charge in [0.2, 0.25) is 5.91 Å². The van der Waals surface area contributed by atoms with Crippen LogP contribution >= 0.6 is 0 Å². The van der Waals surface area contributed by atoms with Crippen molar-refractivity contribution >= 4 is 11.6 Å². The van der Waals surface area contributed by atoms with E-state index in [2.05, 4.69) is 27.2 Å². The number of rotatable bonds is 7. The molecular formula is C20H25N5O. The smallest absolute Gasteiger partial charge is 0.223 e. The topological polar surface area (TPSA) is 55.4 Å². The molecule has 0 spiro atoms. The van der Waals surface area contributed by atoms with Gasteiger partial charge in [-0.05, 0) is 49.9 Å². The molecule has 4 rings (SSSR count). The predicted octanol–water partition coefficient (Wildman–Crippen LogP) is 3.45. The number of carbonyl (C=O) groups is 1. The molecule has 6 nitrogen and oxygen atoms in total. The largest absolute Gasteiger partial charge is 0.354 e. The molecule has 1 aliphatic rings. The maximum absolute atomic E-state index is 12.7. The van der Waals surface area contributed by atoms with Crippen LogP contribution in [0.1, 0.15) is 50.4 Å². The zero-order valence-corrected chi connectivity index (χ0v) is 15.0. The second kappa shape index (κ2) is 7.72. The minimum absolute atomic E-state index is 0.0553. The van der Waals surface area contributed by atoms with Crippen molar-refractivity contribution in [2.75, 3.05) is 6.54 Å². The quantitative estimate of drug-likeness (QED) is 0.613. The molecule has 1 atom stereocenters. The molecule has 0 saturated carbocycles. The summed E-state index contributed by atoms with van der Waals surface area (Å²) in [6.07, 6.45) is 11.9. The van der Waals surface area contributed by atoms with Gasteiger partial charge in [-0.1, -0.05) is 12.5 Å². The molecule has 1 unspecified atom stereocenters. The molecule has 26 heavy (non-hydrogen) atoms. The van der Waals surface area contributed by atoms with Gasteiger partial charge in [0, 0.05) is 38.1 Å². The summed E-state index contributed by atoms with van der Waals surface area (Å²) in [4.78, 5) is 14.8. The minimum atomic E-state index is 0.0553. The van der Waals surface area contributed by atoms with Crippen molar-refractivity contribution in [3.63, 3.8) is 0 Å². The fourth-order valence-corrected chi connectivity index (χ4v) is 3.83. The van der Waals surface area contributed by atoms with Gasteiger partial charge in [-0.2, -0.15) is 0 Å². The van der Waals surface area contributed by atoms with E-state index >= 15 is 0 Å². The number of nitrogens with zero attached hydrogens (tertiary/aromatic N) is 5. The molecule has 1 aliphatic heterocycles. The lowest BCUT2D eigenvalue weighted by molar-refractivity contribution is -0.132. The Bertz CT molecular complexity index is 854. The molecule has 1 amide bonds. The number of amides is 1. The number of carbonyl (C=O) groups excluding carboxylic acids is 1. The first-order valence-corrected chi connectivity index (χ1v) is 9.53. The van der Waals surface area contributed by atoms with E-state index in [4.69, 9.17) is 0 Å². The van der Waals surface area contributed by atoms with Crippen molar-refractivity contribution in [3.05, 3.63) is 54.7 Å². The Balaban J connectivity index is 1.32. The first-order valence-electron chi connectivity index (χ1n) is 9.53. The molecular weight excluding hydrogens is 326 g/mol. The third-order valence-electron chi connectivity index (χ3n) is 5.18. The summed E-state index contributed by atoms with van der Waals surface area (Å²) >= 11 is 0. The van der Waals surface area contributed by atoms with Crippen LogP contribution in [0.15, 0.2) is 48.9 Å². The summed E-state index contributed by atoms with van der Waals surface area (Å²) in [6.45, 7) is 1.86. The van der Waals surface area contributed by atoms with E-state index in [1.165, 1.54) is 0 Å². The fourth-order valence-electron chi connectivity index (χ4n) is 3.83. The molecule has 1 saturated heterocycles. The summed E-state index contributed by atoms with van der Waals surface area (Å²) in [6, 6.07) is 10.0. The number of pyridine rings is 1. The highest BCUT2D eigenvalue weighted by atomic mass is 16.2. The van der Waals surface area contributed by atoms with Crippen molar-refractivity contribution in [1.29, 1.82) is 0 Å². The first kappa shape index (κ1) is 16.8. The van der Waals surface area contributed by atoms with Gasteiger partial charge in [0.15, 0.2) is 11.5 Å². The summed E-state index contributed by atoms with van der Waals surface area (Å²) in [5, 5.41) is 8.61. The average Bonchev–Trinajstić information content (AvgIpc) is 3.40. The van der Waals surface area contributed by atoms with Crippen molar-refractivity contribution in [1.82, 2.24) is 24.1 Å². The lowest BCUT2D eigenvalue weighted by Crippen LogP contribution is -2.31. The number of hydrogen-bond acceptors (Lipinski definition) is 3. The molecule has 1 fully saturated rings. The molecule has 0 N–H and O–H groups in total. The summed E-state index contributed by atoms with van der Waals surface area (Å²) < 4.78 is 4.20. The molecule has 0 radical (unpaired) electrons. The van der Waals surface area contributed by atoms with Crippen LogP contribution in [0.5, 0.6) is 0 Å². The van der Waals surface area contributed by atoms with Crippen LogP contribution < -0.4 is 0 Å². The van der Waals surface area contributed by atoms with Gasteiger partial charge in [0.1, 0.15) is 0 Å². The van der Waals surface area contributed by atoms with Gasteiger partial charge in [-0.15, -0.1) is 10.2 Å². The van der Waals surface area contributed by atoms with Crippen molar-refractivity contribution in [3.8, 4) is 0 Å². The van der Waals surface area contributed by atoms with Crippen LogP contribution in [0, 0.1) is 0 Å².